The molecule has 126 valence electrons. The molecule has 1 saturated heterocycles. The van der Waals surface area contributed by atoms with Gasteiger partial charge in [-0.15, -0.1) is 0 Å². The van der Waals surface area contributed by atoms with Crippen LogP contribution in [0, 0.1) is 5.82 Å². The molecule has 1 aromatic carbocycles. The first-order valence-corrected chi connectivity index (χ1v) is 8.38. The Morgan fingerprint density at radius 1 is 1.30 bits per heavy atom. The number of amides is 1. The van der Waals surface area contributed by atoms with E-state index in [1.165, 1.54) is 0 Å². The molecule has 2 heterocycles. The average Bonchev–Trinajstić information content (AvgIpc) is 2.94. The van der Waals surface area contributed by atoms with Crippen LogP contribution in [0.1, 0.15) is 50.7 Å². The molecule has 4 nitrogen and oxygen atoms in total. The molecule has 23 heavy (non-hydrogen) atoms. The van der Waals surface area contributed by atoms with Gasteiger partial charge in [-0.1, -0.05) is 0 Å². The summed E-state index contributed by atoms with van der Waals surface area (Å²) in [4.78, 5) is 13.9. The van der Waals surface area contributed by atoms with Crippen molar-refractivity contribution in [2.45, 2.75) is 51.6 Å². The molecular formula is C18H25FN2O2. The minimum atomic E-state index is -0.480. The molecule has 0 aromatic heterocycles. The molecule has 5 heteroatoms. The number of rotatable bonds is 1. The number of nitrogens with one attached hydrogen (secondary N) is 1. The van der Waals surface area contributed by atoms with E-state index in [-0.39, 0.29) is 17.8 Å². The molecule has 2 aliphatic rings. The van der Waals surface area contributed by atoms with Gasteiger partial charge in [-0.2, -0.15) is 0 Å². The predicted molar refractivity (Wildman–Crippen MR) is 88.4 cm³/mol. The SMILES string of the molecule is CC(C)(C)OC(=O)N1CCC(c2c(F)ccc3c2CCN3)CC1. The summed E-state index contributed by atoms with van der Waals surface area (Å²) in [6.07, 6.45) is 2.19. The van der Waals surface area contributed by atoms with Gasteiger partial charge in [0.15, 0.2) is 0 Å². The van der Waals surface area contributed by atoms with E-state index in [1.807, 2.05) is 26.8 Å². The third-order valence-corrected chi connectivity index (χ3v) is 4.55. The number of benzene rings is 1. The number of hydrogen-bond acceptors (Lipinski definition) is 3. The molecule has 0 saturated carbocycles. The van der Waals surface area contributed by atoms with Crippen LogP contribution in [0.5, 0.6) is 0 Å². The van der Waals surface area contributed by atoms with E-state index in [2.05, 4.69) is 5.32 Å². The molecule has 0 radical (unpaired) electrons. The molecule has 1 fully saturated rings. The van der Waals surface area contributed by atoms with Crippen molar-refractivity contribution in [2.24, 2.45) is 0 Å². The smallest absolute Gasteiger partial charge is 0.410 e. The van der Waals surface area contributed by atoms with Crippen molar-refractivity contribution in [1.29, 1.82) is 0 Å². The largest absolute Gasteiger partial charge is 0.444 e. The fraction of sp³-hybridized carbons (Fsp3) is 0.611. The van der Waals surface area contributed by atoms with Crippen LogP contribution in [-0.2, 0) is 11.2 Å². The third-order valence-electron chi connectivity index (χ3n) is 4.55. The van der Waals surface area contributed by atoms with Crippen molar-refractivity contribution in [2.75, 3.05) is 25.0 Å². The first kappa shape index (κ1) is 16.1. The van der Waals surface area contributed by atoms with Gasteiger partial charge < -0.3 is 15.0 Å². The van der Waals surface area contributed by atoms with Crippen molar-refractivity contribution in [3.05, 3.63) is 29.1 Å². The number of carbonyl (C=O) groups is 1. The van der Waals surface area contributed by atoms with Crippen molar-refractivity contribution >= 4 is 11.8 Å². The number of ether oxygens (including phenoxy) is 1. The zero-order valence-electron chi connectivity index (χ0n) is 14.1. The number of hydrogen-bond donors (Lipinski definition) is 1. The van der Waals surface area contributed by atoms with Crippen LogP contribution >= 0.6 is 0 Å². The van der Waals surface area contributed by atoms with Gasteiger partial charge in [0.25, 0.3) is 0 Å². The van der Waals surface area contributed by atoms with Crippen LogP contribution in [0.2, 0.25) is 0 Å². The maximum Gasteiger partial charge on any atom is 0.410 e. The Balaban J connectivity index is 1.68. The lowest BCUT2D eigenvalue weighted by atomic mass is 9.85. The fourth-order valence-corrected chi connectivity index (χ4v) is 3.51. The van der Waals surface area contributed by atoms with Crippen molar-refractivity contribution in [3.63, 3.8) is 0 Å². The molecule has 2 aliphatic heterocycles. The molecule has 1 aromatic rings. The highest BCUT2D eigenvalue weighted by Crippen LogP contribution is 2.37. The number of anilines is 1. The second-order valence-electron chi connectivity index (χ2n) is 7.41. The summed E-state index contributed by atoms with van der Waals surface area (Å²) in [7, 11) is 0. The first-order chi connectivity index (χ1) is 10.8. The molecule has 1 amide bonds. The maximum atomic E-state index is 14.4. The molecule has 1 N–H and O–H groups in total. The minimum absolute atomic E-state index is 0.108. The van der Waals surface area contributed by atoms with Crippen LogP contribution in [0.15, 0.2) is 12.1 Å². The van der Waals surface area contributed by atoms with Gasteiger partial charge in [0.1, 0.15) is 11.4 Å². The van der Waals surface area contributed by atoms with Crippen LogP contribution < -0.4 is 5.32 Å². The van der Waals surface area contributed by atoms with Gasteiger partial charge in [-0.25, -0.2) is 9.18 Å². The molecule has 0 aliphatic carbocycles. The van der Waals surface area contributed by atoms with E-state index in [1.54, 1.807) is 11.0 Å². The standard InChI is InChI=1S/C18H25FN2O2/c1-18(2,3)23-17(22)21-10-7-12(8-11-21)16-13-6-9-20-15(13)5-4-14(16)19/h4-5,12,20H,6-11H2,1-3H3. The number of nitrogens with zero attached hydrogens (tertiary/aromatic N) is 1. The molecule has 0 unspecified atom stereocenters. The number of halogens is 1. The number of fused-ring (bicyclic) bond motifs is 1. The number of carbonyl (C=O) groups excluding carboxylic acids is 1. The minimum Gasteiger partial charge on any atom is -0.444 e. The van der Waals surface area contributed by atoms with Gasteiger partial charge in [0.05, 0.1) is 0 Å². The molecular weight excluding hydrogens is 295 g/mol. The van der Waals surface area contributed by atoms with Gasteiger partial charge in [0.2, 0.25) is 0 Å². The Morgan fingerprint density at radius 3 is 2.65 bits per heavy atom. The fourth-order valence-electron chi connectivity index (χ4n) is 3.51. The number of likely N-dealkylation sites (tertiary alicyclic amines) is 1. The Kier molecular flexibility index (Phi) is 4.21. The summed E-state index contributed by atoms with van der Waals surface area (Å²) in [6.45, 7) is 7.72. The van der Waals surface area contributed by atoms with E-state index >= 15 is 0 Å². The van der Waals surface area contributed by atoms with Gasteiger partial charge in [0, 0.05) is 25.3 Å². The zero-order chi connectivity index (χ0) is 16.6. The summed E-state index contributed by atoms with van der Waals surface area (Å²) in [5, 5.41) is 3.31. The van der Waals surface area contributed by atoms with Crippen LogP contribution in [0.3, 0.4) is 0 Å². The molecule has 3 rings (SSSR count). The Hall–Kier alpha value is -1.78. The highest BCUT2D eigenvalue weighted by Gasteiger charge is 2.31. The predicted octanol–water partition coefficient (Wildman–Crippen LogP) is 3.91. The quantitative estimate of drug-likeness (QED) is 0.853. The Bertz CT molecular complexity index is 602. The highest BCUT2D eigenvalue weighted by molar-refractivity contribution is 5.68. The van der Waals surface area contributed by atoms with E-state index in [0.29, 0.717) is 13.1 Å². The van der Waals surface area contributed by atoms with Crippen LogP contribution in [0.25, 0.3) is 0 Å². The highest BCUT2D eigenvalue weighted by atomic mass is 19.1. The Morgan fingerprint density at radius 2 is 2.00 bits per heavy atom. The lowest BCUT2D eigenvalue weighted by molar-refractivity contribution is 0.0204. The summed E-state index contributed by atoms with van der Waals surface area (Å²) in [6, 6.07) is 3.39. The van der Waals surface area contributed by atoms with E-state index in [0.717, 1.165) is 42.6 Å². The van der Waals surface area contributed by atoms with Crippen molar-refractivity contribution < 1.29 is 13.9 Å². The zero-order valence-corrected chi connectivity index (χ0v) is 14.1. The third kappa shape index (κ3) is 3.43. The second-order valence-corrected chi connectivity index (χ2v) is 7.41. The second kappa shape index (κ2) is 6.02. The van der Waals surface area contributed by atoms with Crippen molar-refractivity contribution in [1.82, 2.24) is 4.90 Å². The van der Waals surface area contributed by atoms with Gasteiger partial charge in [-0.3, -0.25) is 0 Å². The van der Waals surface area contributed by atoms with Crippen LogP contribution in [-0.4, -0.2) is 36.2 Å². The lowest BCUT2D eigenvalue weighted by Gasteiger charge is -2.34. The monoisotopic (exact) mass is 320 g/mol. The molecule has 0 atom stereocenters. The van der Waals surface area contributed by atoms with E-state index < -0.39 is 5.60 Å². The molecule has 0 bridgehead atoms. The van der Waals surface area contributed by atoms with E-state index in [9.17, 15) is 9.18 Å². The Labute approximate surface area is 137 Å². The number of piperidine rings is 1. The normalized spacial score (nSPS) is 18.5. The summed E-state index contributed by atoms with van der Waals surface area (Å²) in [5.74, 6) is 0.0757. The van der Waals surface area contributed by atoms with Crippen molar-refractivity contribution in [3.8, 4) is 0 Å². The molecule has 0 spiro atoms. The van der Waals surface area contributed by atoms with Gasteiger partial charge in [-0.05, 0) is 69.2 Å². The summed E-state index contributed by atoms with van der Waals surface area (Å²) >= 11 is 0. The summed E-state index contributed by atoms with van der Waals surface area (Å²) < 4.78 is 19.8. The summed E-state index contributed by atoms with van der Waals surface area (Å²) in [5.41, 5.74) is 2.57. The maximum absolute atomic E-state index is 14.4. The average molecular weight is 320 g/mol. The topological polar surface area (TPSA) is 41.6 Å². The lowest BCUT2D eigenvalue weighted by Crippen LogP contribution is -2.41. The van der Waals surface area contributed by atoms with E-state index in [4.69, 9.17) is 4.74 Å². The van der Waals surface area contributed by atoms with Gasteiger partial charge >= 0.3 is 6.09 Å². The van der Waals surface area contributed by atoms with Crippen LogP contribution in [0.4, 0.5) is 14.9 Å². The first-order valence-electron chi connectivity index (χ1n) is 8.38.